The minimum absolute atomic E-state index is 0.136. The maximum Gasteiger partial charge on any atom is 0.415 e. The molecule has 4 rings (SSSR count). The van der Waals surface area contributed by atoms with E-state index in [1.807, 2.05) is 30.6 Å². The number of anilines is 3. The van der Waals surface area contributed by atoms with Crippen molar-refractivity contribution < 1.29 is 24.2 Å². The third kappa shape index (κ3) is 8.05. The summed E-state index contributed by atoms with van der Waals surface area (Å²) in [4.78, 5) is 54.8. The van der Waals surface area contributed by atoms with Crippen molar-refractivity contribution >= 4 is 35.5 Å². The first kappa shape index (κ1) is 31.8. The van der Waals surface area contributed by atoms with Gasteiger partial charge in [-0.1, -0.05) is 19.1 Å². The summed E-state index contributed by atoms with van der Waals surface area (Å²) in [5, 5.41) is 13.3. The van der Waals surface area contributed by atoms with E-state index in [0.29, 0.717) is 74.9 Å². The lowest BCUT2D eigenvalue weighted by Gasteiger charge is -2.35. The molecule has 3 heterocycles. The van der Waals surface area contributed by atoms with Gasteiger partial charge in [-0.05, 0) is 70.1 Å². The van der Waals surface area contributed by atoms with Crippen LogP contribution in [0.15, 0.2) is 30.5 Å². The standard InChI is InChI=1S/C31H45N7O5/c1-5-35(6-2)29-32-21-26(38(7-3)30(41)36-18-14-22(4)15-19-36)27(34-29)33-25(28(39)40)20-23-10-12-24(13-11-23)43-31(42)37-16-8-9-17-37/h10-13,21-22,25H,5-9,14-20H2,1-4H3,(H,39,40)(H,32,33,34)/t25-/m0/s1. The number of piperidine rings is 1. The topological polar surface area (TPSA) is 131 Å². The van der Waals surface area contributed by atoms with Crippen LogP contribution in [0.4, 0.5) is 27.0 Å². The van der Waals surface area contributed by atoms with E-state index in [1.165, 1.54) is 0 Å². The Morgan fingerprint density at radius 1 is 1.00 bits per heavy atom. The highest BCUT2D eigenvalue weighted by molar-refractivity contribution is 5.95. The van der Waals surface area contributed by atoms with E-state index >= 15 is 0 Å². The lowest BCUT2D eigenvalue weighted by Crippen LogP contribution is -2.47. The molecule has 234 valence electrons. The molecule has 1 aromatic carbocycles. The normalized spacial score (nSPS) is 16.1. The minimum Gasteiger partial charge on any atom is -0.480 e. The van der Waals surface area contributed by atoms with Crippen molar-refractivity contribution in [3.63, 3.8) is 0 Å². The first-order valence-corrected chi connectivity index (χ1v) is 15.5. The Balaban J connectivity index is 1.56. The molecule has 2 aliphatic heterocycles. The van der Waals surface area contributed by atoms with E-state index in [0.717, 1.165) is 31.2 Å². The van der Waals surface area contributed by atoms with Gasteiger partial charge in [-0.3, -0.25) is 4.90 Å². The molecular formula is C31H45N7O5. The summed E-state index contributed by atoms with van der Waals surface area (Å²) in [5.41, 5.74) is 1.18. The number of carbonyl (C=O) groups excluding carboxylic acids is 2. The molecule has 0 spiro atoms. The number of urea groups is 1. The SMILES string of the molecule is CCN(CC)c1ncc(N(CC)C(=O)N2CCC(C)CC2)c(N[C@@H](Cc2ccc(OC(=O)N3CCCC3)cc2)C(=O)O)n1. The van der Waals surface area contributed by atoms with E-state index in [-0.39, 0.29) is 18.5 Å². The van der Waals surface area contributed by atoms with E-state index < -0.39 is 12.0 Å². The van der Waals surface area contributed by atoms with Gasteiger partial charge < -0.3 is 29.9 Å². The predicted octanol–water partition coefficient (Wildman–Crippen LogP) is 4.70. The molecular weight excluding hydrogens is 550 g/mol. The zero-order valence-electron chi connectivity index (χ0n) is 25.8. The summed E-state index contributed by atoms with van der Waals surface area (Å²) in [6.07, 6.45) is 5.23. The number of carboxylic acids is 1. The van der Waals surface area contributed by atoms with Gasteiger partial charge in [0.05, 0.1) is 6.20 Å². The number of amides is 3. The van der Waals surface area contributed by atoms with Crippen LogP contribution in [0, 0.1) is 5.92 Å². The molecule has 43 heavy (non-hydrogen) atoms. The number of hydrogen-bond donors (Lipinski definition) is 2. The van der Waals surface area contributed by atoms with Crippen LogP contribution in [0.2, 0.25) is 0 Å². The number of nitrogens with one attached hydrogen (secondary N) is 1. The van der Waals surface area contributed by atoms with Crippen LogP contribution >= 0.6 is 0 Å². The monoisotopic (exact) mass is 595 g/mol. The third-order valence-electron chi connectivity index (χ3n) is 8.24. The van der Waals surface area contributed by atoms with Gasteiger partial charge >= 0.3 is 18.1 Å². The minimum atomic E-state index is -1.06. The smallest absolute Gasteiger partial charge is 0.415 e. The zero-order valence-corrected chi connectivity index (χ0v) is 25.8. The Morgan fingerprint density at radius 2 is 1.65 bits per heavy atom. The van der Waals surface area contributed by atoms with Crippen LogP contribution < -0.4 is 19.9 Å². The summed E-state index contributed by atoms with van der Waals surface area (Å²) < 4.78 is 5.48. The predicted molar refractivity (Wildman–Crippen MR) is 166 cm³/mol. The highest BCUT2D eigenvalue weighted by Crippen LogP contribution is 2.29. The quantitative estimate of drug-likeness (QED) is 0.379. The lowest BCUT2D eigenvalue weighted by molar-refractivity contribution is -0.137. The second-order valence-electron chi connectivity index (χ2n) is 11.2. The van der Waals surface area contributed by atoms with Gasteiger partial charge in [0.1, 0.15) is 17.5 Å². The van der Waals surface area contributed by atoms with Crippen LogP contribution in [-0.4, -0.2) is 94.8 Å². The van der Waals surface area contributed by atoms with Crippen molar-refractivity contribution in [3.8, 4) is 5.75 Å². The second-order valence-corrected chi connectivity index (χ2v) is 11.2. The number of benzene rings is 1. The molecule has 2 fully saturated rings. The highest BCUT2D eigenvalue weighted by atomic mass is 16.6. The summed E-state index contributed by atoms with van der Waals surface area (Å²) in [6.45, 7) is 12.6. The number of carbonyl (C=O) groups is 3. The van der Waals surface area contributed by atoms with Gasteiger partial charge in [0, 0.05) is 52.2 Å². The Hall–Kier alpha value is -4.09. The van der Waals surface area contributed by atoms with Gasteiger partial charge in [0.25, 0.3) is 0 Å². The maximum absolute atomic E-state index is 13.6. The Kier molecular flexibility index (Phi) is 11.0. The molecule has 2 saturated heterocycles. The van der Waals surface area contributed by atoms with Crippen LogP contribution in [-0.2, 0) is 11.2 Å². The van der Waals surface area contributed by atoms with Crippen molar-refractivity contribution in [2.75, 3.05) is 60.9 Å². The fourth-order valence-corrected chi connectivity index (χ4v) is 5.47. The van der Waals surface area contributed by atoms with Crippen molar-refractivity contribution in [1.29, 1.82) is 0 Å². The first-order chi connectivity index (χ1) is 20.7. The molecule has 12 heteroatoms. The van der Waals surface area contributed by atoms with Gasteiger partial charge in [-0.25, -0.2) is 19.4 Å². The Morgan fingerprint density at radius 3 is 2.23 bits per heavy atom. The fraction of sp³-hybridized carbons (Fsp3) is 0.581. The van der Waals surface area contributed by atoms with E-state index in [2.05, 4.69) is 17.2 Å². The average molecular weight is 596 g/mol. The first-order valence-electron chi connectivity index (χ1n) is 15.5. The molecule has 0 unspecified atom stereocenters. The number of aromatic nitrogens is 2. The Bertz CT molecular complexity index is 1240. The fourth-order valence-electron chi connectivity index (χ4n) is 5.47. The molecule has 2 aromatic rings. The average Bonchev–Trinajstić information content (AvgIpc) is 3.55. The largest absolute Gasteiger partial charge is 0.480 e. The van der Waals surface area contributed by atoms with Gasteiger partial charge in [-0.2, -0.15) is 4.98 Å². The molecule has 2 N–H and O–H groups in total. The van der Waals surface area contributed by atoms with Gasteiger partial charge in [0.15, 0.2) is 5.82 Å². The van der Waals surface area contributed by atoms with Crippen LogP contribution in [0.3, 0.4) is 0 Å². The number of rotatable bonds is 11. The number of aliphatic carboxylic acids is 1. The number of carboxylic acid groups (broad SMARTS) is 1. The molecule has 0 bridgehead atoms. The van der Waals surface area contributed by atoms with Crippen molar-refractivity contribution in [2.24, 2.45) is 5.92 Å². The molecule has 1 aromatic heterocycles. The molecule has 2 aliphatic rings. The molecule has 0 radical (unpaired) electrons. The van der Waals surface area contributed by atoms with Crippen molar-refractivity contribution in [3.05, 3.63) is 36.0 Å². The van der Waals surface area contributed by atoms with Crippen molar-refractivity contribution in [1.82, 2.24) is 19.8 Å². The summed E-state index contributed by atoms with van der Waals surface area (Å²) in [6, 6.07) is 5.68. The summed E-state index contributed by atoms with van der Waals surface area (Å²) in [7, 11) is 0. The Labute approximate surface area is 254 Å². The molecule has 3 amide bonds. The molecule has 0 aliphatic carbocycles. The third-order valence-corrected chi connectivity index (χ3v) is 8.24. The van der Waals surface area contributed by atoms with Gasteiger partial charge in [-0.15, -0.1) is 0 Å². The molecule has 1 atom stereocenters. The van der Waals surface area contributed by atoms with E-state index in [9.17, 15) is 19.5 Å². The highest BCUT2D eigenvalue weighted by Gasteiger charge is 2.29. The van der Waals surface area contributed by atoms with Crippen LogP contribution in [0.25, 0.3) is 0 Å². The lowest BCUT2D eigenvalue weighted by atomic mass is 9.99. The van der Waals surface area contributed by atoms with Crippen LogP contribution in [0.1, 0.15) is 58.9 Å². The second kappa shape index (κ2) is 14.9. The summed E-state index contributed by atoms with van der Waals surface area (Å²) in [5.74, 6) is 0.681. The number of nitrogens with zero attached hydrogens (tertiary/aromatic N) is 6. The van der Waals surface area contributed by atoms with Crippen LogP contribution in [0.5, 0.6) is 5.75 Å². The summed E-state index contributed by atoms with van der Waals surface area (Å²) >= 11 is 0. The molecule has 0 saturated carbocycles. The zero-order chi connectivity index (χ0) is 30.9. The number of ether oxygens (including phenoxy) is 1. The van der Waals surface area contributed by atoms with E-state index in [1.54, 1.807) is 40.3 Å². The van der Waals surface area contributed by atoms with E-state index in [4.69, 9.17) is 9.72 Å². The molecule has 12 nitrogen and oxygen atoms in total. The van der Waals surface area contributed by atoms with Gasteiger partial charge in [0.2, 0.25) is 5.95 Å². The number of likely N-dealkylation sites (tertiary alicyclic amines) is 2. The number of hydrogen-bond acceptors (Lipinski definition) is 8. The van der Waals surface area contributed by atoms with Crippen molar-refractivity contribution in [2.45, 2.75) is 65.8 Å². The maximum atomic E-state index is 13.6.